The second-order valence-electron chi connectivity index (χ2n) is 5.18. The molecule has 0 fully saturated rings. The predicted molar refractivity (Wildman–Crippen MR) is 96.6 cm³/mol. The van der Waals surface area contributed by atoms with Crippen LogP contribution in [0.5, 0.6) is 0 Å². The maximum absolute atomic E-state index is 9.33. The number of fused-ring (bicyclic) bond motifs is 1. The van der Waals surface area contributed by atoms with Crippen LogP contribution in [0.15, 0.2) is 41.5 Å². The molecule has 0 bridgehead atoms. The summed E-state index contributed by atoms with van der Waals surface area (Å²) in [6, 6.07) is 11.8. The molecule has 3 aromatic rings. The van der Waals surface area contributed by atoms with Gasteiger partial charge in [0.15, 0.2) is 0 Å². The number of nitrogens with zero attached hydrogens (tertiary/aromatic N) is 4. The summed E-state index contributed by atoms with van der Waals surface area (Å²) >= 11 is 7.29. The molecule has 0 aliphatic carbocycles. The first-order valence-corrected chi connectivity index (χ1v) is 8.07. The van der Waals surface area contributed by atoms with E-state index in [2.05, 4.69) is 16.0 Å². The highest BCUT2D eigenvalue weighted by Gasteiger charge is 2.13. The summed E-state index contributed by atoms with van der Waals surface area (Å²) in [6.45, 7) is 0. The van der Waals surface area contributed by atoms with Crippen molar-refractivity contribution in [1.82, 2.24) is 9.88 Å². The summed E-state index contributed by atoms with van der Waals surface area (Å²) in [5, 5.41) is 10.9. The van der Waals surface area contributed by atoms with Crippen molar-refractivity contribution in [3.05, 3.63) is 46.4 Å². The van der Waals surface area contributed by atoms with Crippen molar-refractivity contribution in [1.29, 1.82) is 5.26 Å². The van der Waals surface area contributed by atoms with E-state index in [0.717, 1.165) is 21.3 Å². The zero-order chi connectivity index (χ0) is 16.4. The first-order valence-electron chi connectivity index (χ1n) is 6.87. The van der Waals surface area contributed by atoms with Gasteiger partial charge in [0.1, 0.15) is 21.5 Å². The van der Waals surface area contributed by atoms with E-state index in [9.17, 15) is 5.26 Å². The molecule has 6 heteroatoms. The molecule has 0 aliphatic rings. The highest BCUT2D eigenvalue weighted by molar-refractivity contribution is 7.19. The lowest BCUT2D eigenvalue weighted by Crippen LogP contribution is -2.06. The van der Waals surface area contributed by atoms with Gasteiger partial charge in [-0.1, -0.05) is 23.7 Å². The summed E-state index contributed by atoms with van der Waals surface area (Å²) in [4.78, 5) is 12.1. The molecule has 0 radical (unpaired) electrons. The number of aromatic nitrogens is 1. The average Bonchev–Trinajstić information content (AvgIpc) is 2.90. The lowest BCUT2D eigenvalue weighted by atomic mass is 10.1. The van der Waals surface area contributed by atoms with E-state index in [-0.39, 0.29) is 0 Å². The molecule has 0 amide bonds. The summed E-state index contributed by atoms with van der Waals surface area (Å²) in [5.74, 6) is 0. The van der Waals surface area contributed by atoms with Crippen LogP contribution in [-0.2, 0) is 0 Å². The Balaban J connectivity index is 2.16. The van der Waals surface area contributed by atoms with Crippen LogP contribution in [0.1, 0.15) is 4.88 Å². The smallest absolute Gasteiger partial charge is 0.133 e. The maximum Gasteiger partial charge on any atom is 0.133 e. The third-order valence-electron chi connectivity index (χ3n) is 3.22. The van der Waals surface area contributed by atoms with Crippen LogP contribution in [0.3, 0.4) is 0 Å². The minimum absolute atomic E-state index is 0.568. The normalized spacial score (nSPS) is 11.0. The van der Waals surface area contributed by atoms with Crippen molar-refractivity contribution in [3.8, 4) is 17.2 Å². The van der Waals surface area contributed by atoms with Gasteiger partial charge in [-0.3, -0.25) is 0 Å². The van der Waals surface area contributed by atoms with E-state index < -0.39 is 0 Å². The molecule has 0 atom stereocenters. The van der Waals surface area contributed by atoms with Gasteiger partial charge in [0.2, 0.25) is 0 Å². The van der Waals surface area contributed by atoms with Gasteiger partial charge < -0.3 is 4.90 Å². The molecule has 0 saturated carbocycles. The average molecular weight is 341 g/mol. The number of thiophene rings is 1. The number of hydrogen-bond donors (Lipinski definition) is 0. The summed E-state index contributed by atoms with van der Waals surface area (Å²) in [6.07, 6.45) is 3.50. The van der Waals surface area contributed by atoms with Gasteiger partial charge in [-0.25, -0.2) is 9.98 Å². The Morgan fingerprint density at radius 2 is 2.00 bits per heavy atom. The maximum atomic E-state index is 9.33. The van der Waals surface area contributed by atoms with Crippen LogP contribution in [0.25, 0.3) is 21.3 Å². The summed E-state index contributed by atoms with van der Waals surface area (Å²) in [7, 11) is 3.78. The fourth-order valence-electron chi connectivity index (χ4n) is 2.15. The Bertz CT molecular complexity index is 920. The van der Waals surface area contributed by atoms with Gasteiger partial charge in [0.05, 0.1) is 6.34 Å². The van der Waals surface area contributed by atoms with Crippen LogP contribution in [0.4, 0.5) is 5.69 Å². The topological polar surface area (TPSA) is 52.3 Å². The zero-order valence-electron chi connectivity index (χ0n) is 12.6. The summed E-state index contributed by atoms with van der Waals surface area (Å²) < 4.78 is 0. The molecule has 2 aromatic heterocycles. The third kappa shape index (κ3) is 3.19. The van der Waals surface area contributed by atoms with Gasteiger partial charge in [-0.15, -0.1) is 11.3 Å². The number of pyridine rings is 1. The Labute approximate surface area is 143 Å². The van der Waals surface area contributed by atoms with E-state index in [4.69, 9.17) is 11.6 Å². The van der Waals surface area contributed by atoms with E-state index >= 15 is 0 Å². The lowest BCUT2D eigenvalue weighted by Gasteiger charge is -2.03. The Hall–Kier alpha value is -2.42. The first-order chi connectivity index (χ1) is 11.1. The quantitative estimate of drug-likeness (QED) is 0.512. The van der Waals surface area contributed by atoms with Crippen LogP contribution in [0.2, 0.25) is 5.02 Å². The van der Waals surface area contributed by atoms with Gasteiger partial charge >= 0.3 is 0 Å². The molecule has 2 heterocycles. The fraction of sp³-hybridized carbons (Fsp3) is 0.118. The monoisotopic (exact) mass is 340 g/mol. The first kappa shape index (κ1) is 15.5. The minimum Gasteiger partial charge on any atom is -0.369 e. The number of aliphatic imine (C=N–C) groups is 1. The second kappa shape index (κ2) is 6.37. The lowest BCUT2D eigenvalue weighted by molar-refractivity contribution is 0.643. The van der Waals surface area contributed by atoms with Crippen molar-refractivity contribution in [2.24, 2.45) is 4.99 Å². The zero-order valence-corrected chi connectivity index (χ0v) is 14.2. The molecular formula is C17H13ClN4S. The number of benzene rings is 1. The molecule has 3 rings (SSSR count). The van der Waals surface area contributed by atoms with Gasteiger partial charge in [0.25, 0.3) is 0 Å². The highest BCUT2D eigenvalue weighted by atomic mass is 35.5. The number of nitriles is 1. The van der Waals surface area contributed by atoms with E-state index in [1.165, 1.54) is 11.3 Å². The van der Waals surface area contributed by atoms with E-state index in [1.54, 1.807) is 6.34 Å². The fourth-order valence-corrected chi connectivity index (χ4v) is 3.14. The summed E-state index contributed by atoms with van der Waals surface area (Å²) in [5.41, 5.74) is 2.67. The van der Waals surface area contributed by atoms with Gasteiger partial charge in [0, 0.05) is 36.3 Å². The molecule has 0 aliphatic heterocycles. The molecule has 0 N–H and O–H groups in total. The minimum atomic E-state index is 0.568. The molecule has 0 spiro atoms. The van der Waals surface area contributed by atoms with Crippen molar-refractivity contribution in [3.63, 3.8) is 0 Å². The molecule has 1 aromatic carbocycles. The van der Waals surface area contributed by atoms with Crippen molar-refractivity contribution >= 4 is 45.2 Å². The Morgan fingerprint density at radius 3 is 2.65 bits per heavy atom. The van der Waals surface area contributed by atoms with E-state index in [1.807, 2.05) is 55.5 Å². The Morgan fingerprint density at radius 1 is 1.26 bits per heavy atom. The largest absolute Gasteiger partial charge is 0.369 e. The van der Waals surface area contributed by atoms with Crippen molar-refractivity contribution in [2.45, 2.75) is 0 Å². The standard InChI is InChI=1S/C17H13ClN4S/c1-22(2)10-21-16-14-7-12(11-3-5-13(18)6-4-11)9-20-17(14)23-15(16)8-19/h3-7,9-10H,1-2H3. The molecule has 4 nitrogen and oxygen atoms in total. The number of halogens is 1. The Kier molecular flexibility index (Phi) is 4.28. The van der Waals surface area contributed by atoms with Crippen LogP contribution < -0.4 is 0 Å². The SMILES string of the molecule is CN(C)C=Nc1c(C#N)sc2ncc(-c3ccc(Cl)cc3)cc12. The van der Waals surface area contributed by atoms with Crippen molar-refractivity contribution in [2.75, 3.05) is 14.1 Å². The van der Waals surface area contributed by atoms with Gasteiger partial charge in [-0.2, -0.15) is 5.26 Å². The molecule has 0 saturated heterocycles. The molecule has 23 heavy (non-hydrogen) atoms. The molecule has 114 valence electrons. The molecular weight excluding hydrogens is 328 g/mol. The van der Waals surface area contributed by atoms with Gasteiger partial charge in [-0.05, 0) is 23.8 Å². The van der Waals surface area contributed by atoms with Crippen LogP contribution >= 0.6 is 22.9 Å². The third-order valence-corrected chi connectivity index (χ3v) is 4.48. The van der Waals surface area contributed by atoms with Crippen LogP contribution in [-0.4, -0.2) is 30.3 Å². The predicted octanol–water partition coefficient (Wildman–Crippen LogP) is 4.71. The highest BCUT2D eigenvalue weighted by Crippen LogP contribution is 2.38. The van der Waals surface area contributed by atoms with E-state index in [0.29, 0.717) is 15.6 Å². The second-order valence-corrected chi connectivity index (χ2v) is 6.62. The van der Waals surface area contributed by atoms with Crippen LogP contribution in [0, 0.1) is 11.3 Å². The molecule has 0 unspecified atom stereocenters. The number of hydrogen-bond acceptors (Lipinski definition) is 4. The number of rotatable bonds is 3. The van der Waals surface area contributed by atoms with Crippen molar-refractivity contribution < 1.29 is 0 Å².